The van der Waals surface area contributed by atoms with E-state index in [-0.39, 0.29) is 4.83 Å². The number of halogens is 1. The maximum atomic E-state index is 12.4. The molecular weight excluding hydrogens is 420 g/mol. The van der Waals surface area contributed by atoms with Gasteiger partial charge >= 0.3 is 0 Å². The molecule has 4 aliphatic carbocycles. The minimum absolute atomic E-state index is 0.119. The van der Waals surface area contributed by atoms with Crippen LogP contribution in [0.25, 0.3) is 0 Å². The van der Waals surface area contributed by atoms with Crippen molar-refractivity contribution in [2.75, 3.05) is 0 Å². The summed E-state index contributed by atoms with van der Waals surface area (Å²) in [5.41, 5.74) is 0.979. The predicted octanol–water partition coefficient (Wildman–Crippen LogP) is 8.05. The first-order valence-corrected chi connectivity index (χ1v) is 13.7. The molecule has 29 heavy (non-hydrogen) atoms. The van der Waals surface area contributed by atoms with E-state index in [0.717, 1.165) is 48.3 Å². The summed E-state index contributed by atoms with van der Waals surface area (Å²) in [4.78, 5) is 12.5. The molecule has 0 N–H and O–H groups in total. The molecule has 4 rings (SSSR count). The molecule has 0 bridgehead atoms. The second-order valence-corrected chi connectivity index (χ2v) is 13.6. The zero-order chi connectivity index (χ0) is 21.0. The van der Waals surface area contributed by atoms with Crippen LogP contribution in [0.15, 0.2) is 0 Å². The van der Waals surface area contributed by atoms with E-state index in [1.807, 2.05) is 0 Å². The van der Waals surface area contributed by atoms with E-state index in [1.165, 1.54) is 57.8 Å². The first-order chi connectivity index (χ1) is 13.7. The molecular formula is C27H45BrO. The quantitative estimate of drug-likeness (QED) is 0.375. The molecule has 4 fully saturated rings. The number of alkyl halides is 1. The molecule has 0 spiro atoms. The zero-order valence-electron chi connectivity index (χ0n) is 19.7. The van der Waals surface area contributed by atoms with E-state index in [1.54, 1.807) is 0 Å². The van der Waals surface area contributed by atoms with Gasteiger partial charge < -0.3 is 0 Å². The van der Waals surface area contributed by atoms with Gasteiger partial charge in [-0.15, -0.1) is 0 Å². The van der Waals surface area contributed by atoms with Gasteiger partial charge in [-0.3, -0.25) is 4.79 Å². The van der Waals surface area contributed by atoms with Crippen molar-refractivity contribution in [1.29, 1.82) is 0 Å². The maximum Gasteiger partial charge on any atom is 0.146 e. The lowest BCUT2D eigenvalue weighted by Crippen LogP contribution is -2.55. The fraction of sp³-hybridized carbons (Fsp3) is 0.963. The van der Waals surface area contributed by atoms with Gasteiger partial charge in [-0.05, 0) is 97.2 Å². The summed E-state index contributed by atoms with van der Waals surface area (Å²) in [6.45, 7) is 12.6. The lowest BCUT2D eigenvalue weighted by atomic mass is 9.44. The van der Waals surface area contributed by atoms with Gasteiger partial charge in [-0.1, -0.05) is 69.8 Å². The van der Waals surface area contributed by atoms with Crippen molar-refractivity contribution in [3.05, 3.63) is 0 Å². The van der Waals surface area contributed by atoms with E-state index in [2.05, 4.69) is 50.5 Å². The summed E-state index contributed by atoms with van der Waals surface area (Å²) in [7, 11) is 0. The van der Waals surface area contributed by atoms with Crippen molar-refractivity contribution < 1.29 is 4.79 Å². The van der Waals surface area contributed by atoms with Crippen LogP contribution in [0.1, 0.15) is 105 Å². The number of Topliss-reactive ketones (excluding diaryl/α,β-unsaturated/α-hetero) is 1. The topological polar surface area (TPSA) is 17.1 Å². The molecule has 1 nitrogen and oxygen atoms in total. The molecule has 0 amide bonds. The largest absolute Gasteiger partial charge is 0.298 e. The molecule has 2 heteroatoms. The van der Waals surface area contributed by atoms with Crippen molar-refractivity contribution in [2.45, 2.75) is 110 Å². The Hall–Kier alpha value is 0.150. The highest BCUT2D eigenvalue weighted by molar-refractivity contribution is 9.10. The van der Waals surface area contributed by atoms with Gasteiger partial charge in [0.1, 0.15) is 5.78 Å². The molecule has 0 aromatic carbocycles. The highest BCUT2D eigenvalue weighted by Crippen LogP contribution is 2.68. The van der Waals surface area contributed by atoms with Crippen LogP contribution in [0, 0.1) is 52.3 Å². The van der Waals surface area contributed by atoms with Crippen LogP contribution in [0.2, 0.25) is 0 Å². The fourth-order valence-electron chi connectivity index (χ4n) is 9.08. The normalized spacial score (nSPS) is 48.2. The van der Waals surface area contributed by atoms with Gasteiger partial charge in [0.2, 0.25) is 0 Å². The summed E-state index contributed by atoms with van der Waals surface area (Å²) in [5, 5.41) is 0. The summed E-state index contributed by atoms with van der Waals surface area (Å²) in [5.74, 6) is 6.56. The van der Waals surface area contributed by atoms with Crippen LogP contribution >= 0.6 is 15.9 Å². The summed E-state index contributed by atoms with van der Waals surface area (Å²) in [6, 6.07) is 0. The second-order valence-electron chi connectivity index (χ2n) is 12.5. The van der Waals surface area contributed by atoms with E-state index < -0.39 is 0 Å². The maximum absolute atomic E-state index is 12.4. The zero-order valence-corrected chi connectivity index (χ0v) is 21.3. The summed E-state index contributed by atoms with van der Waals surface area (Å²) in [6.07, 6.45) is 14.7. The van der Waals surface area contributed by atoms with Crippen LogP contribution in [0.4, 0.5) is 0 Å². The molecule has 4 saturated carbocycles. The molecule has 0 aliphatic heterocycles. The lowest BCUT2D eigenvalue weighted by molar-refractivity contribution is -0.139. The van der Waals surface area contributed by atoms with Gasteiger partial charge in [0.05, 0.1) is 4.83 Å². The highest BCUT2D eigenvalue weighted by Gasteiger charge is 2.61. The van der Waals surface area contributed by atoms with Crippen LogP contribution in [0.5, 0.6) is 0 Å². The number of carbonyl (C=O) groups is 1. The average molecular weight is 466 g/mol. The van der Waals surface area contributed by atoms with Crippen molar-refractivity contribution in [1.82, 2.24) is 0 Å². The van der Waals surface area contributed by atoms with Gasteiger partial charge in [-0.2, -0.15) is 0 Å². The van der Waals surface area contributed by atoms with Gasteiger partial charge in [-0.25, -0.2) is 0 Å². The summed E-state index contributed by atoms with van der Waals surface area (Å²) < 4.78 is 0. The van der Waals surface area contributed by atoms with Gasteiger partial charge in [0.25, 0.3) is 0 Å². The Bertz CT molecular complexity index is 614. The monoisotopic (exact) mass is 464 g/mol. The molecule has 0 saturated heterocycles. The first-order valence-electron chi connectivity index (χ1n) is 12.8. The molecule has 0 unspecified atom stereocenters. The standard InChI is InChI=1S/C27H45BrO/c1-17(2)7-6-8-18(3)21-11-12-22-20-10-9-19-15-25(29)24(28)16-27(19,5)23(20)13-14-26(21,22)4/h17-24H,6-16H2,1-5H3/t18-,19+,20+,21-,22+,23+,24+,26-,27+/m1/s1. The van der Waals surface area contributed by atoms with Gasteiger partial charge in [0.15, 0.2) is 0 Å². The van der Waals surface area contributed by atoms with Gasteiger partial charge in [0, 0.05) is 6.42 Å². The van der Waals surface area contributed by atoms with Crippen LogP contribution < -0.4 is 0 Å². The van der Waals surface area contributed by atoms with Crippen molar-refractivity contribution >= 4 is 21.7 Å². The number of hydrogen-bond acceptors (Lipinski definition) is 1. The Morgan fingerprint density at radius 2 is 1.69 bits per heavy atom. The summed E-state index contributed by atoms with van der Waals surface area (Å²) >= 11 is 3.75. The smallest absolute Gasteiger partial charge is 0.146 e. The SMILES string of the molecule is CC(C)CCC[C@@H](C)[C@H]1CC[C@H]2[C@@H]3CC[C@H]4CC(=O)[C@@H](Br)C[C@]4(C)[C@H]3CC[C@]12C. The minimum Gasteiger partial charge on any atom is -0.298 e. The van der Waals surface area contributed by atoms with Crippen LogP contribution in [-0.4, -0.2) is 10.6 Å². The van der Waals surface area contributed by atoms with E-state index in [4.69, 9.17) is 0 Å². The van der Waals surface area contributed by atoms with E-state index in [0.29, 0.717) is 22.5 Å². The number of carbonyl (C=O) groups excluding carboxylic acids is 1. The van der Waals surface area contributed by atoms with E-state index >= 15 is 0 Å². The Labute approximate surface area is 188 Å². The Morgan fingerprint density at radius 3 is 2.41 bits per heavy atom. The third kappa shape index (κ3) is 3.80. The lowest BCUT2D eigenvalue weighted by Gasteiger charge is -2.61. The Balaban J connectivity index is 1.48. The molecule has 0 heterocycles. The molecule has 0 aromatic rings. The number of ketones is 1. The van der Waals surface area contributed by atoms with Crippen LogP contribution in [-0.2, 0) is 4.79 Å². The fourth-order valence-corrected chi connectivity index (χ4v) is 9.97. The third-order valence-electron chi connectivity index (χ3n) is 10.7. The number of rotatable bonds is 5. The molecule has 9 atom stereocenters. The first kappa shape index (κ1) is 22.3. The number of fused-ring (bicyclic) bond motifs is 5. The molecule has 4 aliphatic rings. The average Bonchev–Trinajstić information content (AvgIpc) is 3.00. The Kier molecular flexibility index (Phi) is 6.36. The highest BCUT2D eigenvalue weighted by atomic mass is 79.9. The number of hydrogen-bond donors (Lipinski definition) is 0. The third-order valence-corrected chi connectivity index (χ3v) is 11.5. The van der Waals surface area contributed by atoms with Crippen molar-refractivity contribution in [3.63, 3.8) is 0 Å². The van der Waals surface area contributed by atoms with Crippen LogP contribution in [0.3, 0.4) is 0 Å². The molecule has 0 radical (unpaired) electrons. The minimum atomic E-state index is 0.119. The predicted molar refractivity (Wildman–Crippen MR) is 126 cm³/mol. The molecule has 166 valence electrons. The van der Waals surface area contributed by atoms with Crippen molar-refractivity contribution in [2.24, 2.45) is 52.3 Å². The second kappa shape index (κ2) is 8.25. The molecule has 0 aromatic heterocycles. The van der Waals surface area contributed by atoms with Crippen molar-refractivity contribution in [3.8, 4) is 0 Å². The Morgan fingerprint density at radius 1 is 0.966 bits per heavy atom. The van der Waals surface area contributed by atoms with E-state index in [9.17, 15) is 4.79 Å².